The lowest BCUT2D eigenvalue weighted by molar-refractivity contribution is -0.133. The molecule has 0 radical (unpaired) electrons. The summed E-state index contributed by atoms with van der Waals surface area (Å²) in [7, 11) is 0. The molecule has 0 spiro atoms. The monoisotopic (exact) mass is 317 g/mol. The maximum Gasteiger partial charge on any atom is 0.252 e. The van der Waals surface area contributed by atoms with Gasteiger partial charge >= 0.3 is 0 Å². The Morgan fingerprint density at radius 1 is 1.45 bits per heavy atom. The molecule has 1 atom stereocenters. The second-order valence-electron chi connectivity index (χ2n) is 4.87. The number of hydrogen-bond acceptors (Lipinski definition) is 4. The molecule has 3 N–H and O–H groups in total. The molecule has 112 valence electrons. The third-order valence-corrected chi connectivity index (χ3v) is 4.00. The van der Waals surface area contributed by atoms with Crippen LogP contribution in [0.4, 0.5) is 0 Å². The zero-order chi connectivity index (χ0) is 13.8. The quantitative estimate of drug-likeness (QED) is 0.880. The summed E-state index contributed by atoms with van der Waals surface area (Å²) in [4.78, 5) is 25.4. The van der Waals surface area contributed by atoms with Crippen molar-refractivity contribution in [1.29, 1.82) is 0 Å². The fraction of sp³-hybridized carbons (Fsp3) is 0.538. The Morgan fingerprint density at radius 2 is 2.10 bits per heavy atom. The van der Waals surface area contributed by atoms with E-state index in [-0.39, 0.29) is 30.3 Å². The van der Waals surface area contributed by atoms with Crippen molar-refractivity contribution in [3.63, 3.8) is 0 Å². The Labute approximate surface area is 128 Å². The van der Waals surface area contributed by atoms with Crippen molar-refractivity contribution in [3.05, 3.63) is 22.4 Å². The zero-order valence-electron chi connectivity index (χ0n) is 11.4. The van der Waals surface area contributed by atoms with Crippen molar-refractivity contribution in [2.45, 2.75) is 31.8 Å². The van der Waals surface area contributed by atoms with Gasteiger partial charge in [0.1, 0.15) is 0 Å². The van der Waals surface area contributed by atoms with E-state index in [2.05, 4.69) is 5.32 Å². The summed E-state index contributed by atoms with van der Waals surface area (Å²) in [6.45, 7) is 3.02. The average Bonchev–Trinajstić information content (AvgIpc) is 2.92. The van der Waals surface area contributed by atoms with Crippen molar-refractivity contribution in [3.8, 4) is 0 Å². The summed E-state index contributed by atoms with van der Waals surface area (Å²) in [6.07, 6.45) is 1.57. The largest absolute Gasteiger partial charge is 0.349 e. The average molecular weight is 318 g/mol. The summed E-state index contributed by atoms with van der Waals surface area (Å²) in [5, 5.41) is 6.73. The zero-order valence-corrected chi connectivity index (χ0v) is 13.0. The molecule has 1 saturated heterocycles. The number of amides is 2. The number of carbonyl (C=O) groups excluding carboxylic acids is 2. The van der Waals surface area contributed by atoms with Gasteiger partial charge in [0.2, 0.25) is 5.91 Å². The number of hydrogen-bond donors (Lipinski definition) is 2. The molecule has 0 unspecified atom stereocenters. The van der Waals surface area contributed by atoms with Gasteiger partial charge < -0.3 is 16.0 Å². The molecule has 2 amide bonds. The number of thiophene rings is 1. The highest BCUT2D eigenvalue weighted by atomic mass is 35.5. The van der Waals surface area contributed by atoms with Crippen LogP contribution in [0.5, 0.6) is 0 Å². The highest BCUT2D eigenvalue weighted by Gasteiger charge is 2.25. The third-order valence-electron chi connectivity index (χ3n) is 3.31. The molecule has 0 bridgehead atoms. The van der Waals surface area contributed by atoms with Crippen molar-refractivity contribution in [2.75, 3.05) is 13.1 Å². The van der Waals surface area contributed by atoms with Crippen LogP contribution >= 0.6 is 23.7 Å². The Bertz CT molecular complexity index is 442. The number of halogens is 1. The molecule has 7 heteroatoms. The maximum absolute atomic E-state index is 11.9. The van der Waals surface area contributed by atoms with Crippen molar-refractivity contribution in [2.24, 2.45) is 5.73 Å². The van der Waals surface area contributed by atoms with Crippen LogP contribution in [-0.4, -0.2) is 41.9 Å². The van der Waals surface area contributed by atoms with Gasteiger partial charge in [-0.1, -0.05) is 0 Å². The summed E-state index contributed by atoms with van der Waals surface area (Å²) in [5.41, 5.74) is 6.29. The fourth-order valence-electron chi connectivity index (χ4n) is 2.19. The second kappa shape index (κ2) is 7.61. The van der Waals surface area contributed by atoms with Gasteiger partial charge in [-0.05, 0) is 31.2 Å². The summed E-state index contributed by atoms with van der Waals surface area (Å²) in [6, 6.07) is 1.51. The van der Waals surface area contributed by atoms with Crippen LogP contribution in [0.2, 0.25) is 0 Å². The number of carbonyl (C=O) groups is 2. The maximum atomic E-state index is 11.9. The summed E-state index contributed by atoms with van der Waals surface area (Å²) in [5.74, 6) is -0.0409. The number of nitrogens with zero attached hydrogens (tertiary/aromatic N) is 1. The molecule has 1 aliphatic heterocycles. The highest BCUT2D eigenvalue weighted by molar-refractivity contribution is 7.08. The van der Waals surface area contributed by atoms with Gasteiger partial charge in [-0.25, -0.2) is 0 Å². The first-order valence-electron chi connectivity index (χ1n) is 6.45. The number of piperidine rings is 1. The molecule has 0 saturated carbocycles. The minimum atomic E-state index is -0.447. The lowest BCUT2D eigenvalue weighted by Crippen LogP contribution is -2.50. The Balaban J connectivity index is 0.00000200. The lowest BCUT2D eigenvalue weighted by Gasteiger charge is -2.33. The van der Waals surface area contributed by atoms with Crippen LogP contribution in [0, 0.1) is 0 Å². The van der Waals surface area contributed by atoms with E-state index >= 15 is 0 Å². The Kier molecular flexibility index (Phi) is 6.45. The molecular weight excluding hydrogens is 298 g/mol. The molecule has 1 aromatic rings. The van der Waals surface area contributed by atoms with Gasteiger partial charge in [0, 0.05) is 30.1 Å². The highest BCUT2D eigenvalue weighted by Crippen LogP contribution is 2.13. The van der Waals surface area contributed by atoms with E-state index in [0.717, 1.165) is 12.8 Å². The fourth-order valence-corrected chi connectivity index (χ4v) is 2.83. The van der Waals surface area contributed by atoms with E-state index in [1.807, 2.05) is 16.8 Å². The molecular formula is C13H20ClN3O2S. The summed E-state index contributed by atoms with van der Waals surface area (Å²) < 4.78 is 0. The molecule has 2 rings (SSSR count). The molecule has 1 aromatic heterocycles. The van der Waals surface area contributed by atoms with E-state index < -0.39 is 6.04 Å². The molecule has 0 aliphatic carbocycles. The third kappa shape index (κ3) is 4.19. The van der Waals surface area contributed by atoms with Crippen LogP contribution in [0.3, 0.4) is 0 Å². The first-order chi connectivity index (χ1) is 9.08. The Morgan fingerprint density at radius 3 is 2.60 bits per heavy atom. The smallest absolute Gasteiger partial charge is 0.252 e. The predicted octanol–water partition coefficient (Wildman–Crippen LogP) is 1.24. The molecule has 1 fully saturated rings. The van der Waals surface area contributed by atoms with Gasteiger partial charge in [-0.15, -0.1) is 12.4 Å². The van der Waals surface area contributed by atoms with Gasteiger partial charge in [-0.2, -0.15) is 11.3 Å². The normalized spacial score (nSPS) is 17.2. The number of nitrogens with one attached hydrogen (secondary N) is 1. The topological polar surface area (TPSA) is 75.4 Å². The van der Waals surface area contributed by atoms with Crippen LogP contribution in [0.25, 0.3) is 0 Å². The SMILES string of the molecule is C[C@@H](N)C(=O)N1CCC(NC(=O)c2ccsc2)CC1.Cl. The van der Waals surface area contributed by atoms with E-state index in [9.17, 15) is 9.59 Å². The molecule has 2 heterocycles. The van der Waals surface area contributed by atoms with Crippen LogP contribution in [0.15, 0.2) is 16.8 Å². The predicted molar refractivity (Wildman–Crippen MR) is 82.3 cm³/mol. The van der Waals surface area contributed by atoms with E-state index in [0.29, 0.717) is 18.7 Å². The van der Waals surface area contributed by atoms with E-state index in [1.165, 1.54) is 11.3 Å². The van der Waals surface area contributed by atoms with Crippen molar-refractivity contribution < 1.29 is 9.59 Å². The van der Waals surface area contributed by atoms with E-state index in [1.54, 1.807) is 11.8 Å². The lowest BCUT2D eigenvalue weighted by atomic mass is 10.0. The van der Waals surface area contributed by atoms with Crippen LogP contribution < -0.4 is 11.1 Å². The molecule has 1 aliphatic rings. The van der Waals surface area contributed by atoms with Crippen molar-refractivity contribution in [1.82, 2.24) is 10.2 Å². The van der Waals surface area contributed by atoms with Gasteiger partial charge in [0.25, 0.3) is 5.91 Å². The van der Waals surface area contributed by atoms with Gasteiger partial charge in [0.05, 0.1) is 6.04 Å². The summed E-state index contributed by atoms with van der Waals surface area (Å²) >= 11 is 1.51. The Hall–Kier alpha value is -1.11. The van der Waals surface area contributed by atoms with Gasteiger partial charge in [0.15, 0.2) is 0 Å². The first kappa shape index (κ1) is 16.9. The van der Waals surface area contributed by atoms with Crippen LogP contribution in [0.1, 0.15) is 30.1 Å². The minimum absolute atomic E-state index is 0. The van der Waals surface area contributed by atoms with Crippen LogP contribution in [-0.2, 0) is 4.79 Å². The standard InChI is InChI=1S/C13H19N3O2S.ClH/c1-9(14)13(18)16-5-2-11(3-6-16)15-12(17)10-4-7-19-8-10;/h4,7-9,11H,2-3,5-6,14H2,1H3,(H,15,17);1H/t9-;/m1./s1. The first-order valence-corrected chi connectivity index (χ1v) is 7.39. The molecule has 5 nitrogen and oxygen atoms in total. The van der Waals surface area contributed by atoms with Crippen molar-refractivity contribution >= 4 is 35.6 Å². The molecule has 20 heavy (non-hydrogen) atoms. The van der Waals surface area contributed by atoms with Gasteiger partial charge in [-0.3, -0.25) is 9.59 Å². The number of likely N-dealkylation sites (tertiary alicyclic amines) is 1. The van der Waals surface area contributed by atoms with E-state index in [4.69, 9.17) is 5.73 Å². The number of nitrogens with two attached hydrogens (primary N) is 1. The molecule has 0 aromatic carbocycles. The second-order valence-corrected chi connectivity index (χ2v) is 5.65. The number of rotatable bonds is 3. The minimum Gasteiger partial charge on any atom is -0.349 e.